The molecule has 1 aromatic rings. The molecule has 1 aliphatic rings. The fourth-order valence-corrected chi connectivity index (χ4v) is 2.08. The summed E-state index contributed by atoms with van der Waals surface area (Å²) >= 11 is 0. The Hall–Kier alpha value is -1.37. The maximum atomic E-state index is 9.68. The Balaban J connectivity index is 2.13. The molecule has 0 spiro atoms. The quantitative estimate of drug-likeness (QED) is 0.818. The van der Waals surface area contributed by atoms with Gasteiger partial charge in [-0.1, -0.05) is 44.2 Å². The van der Waals surface area contributed by atoms with Crippen molar-refractivity contribution in [1.82, 2.24) is 5.32 Å². The van der Waals surface area contributed by atoms with Crippen LogP contribution in [0.3, 0.4) is 0 Å². The Kier molecular flexibility index (Phi) is 4.57. The van der Waals surface area contributed by atoms with Crippen LogP contribution in [0.1, 0.15) is 32.3 Å². The first-order valence-corrected chi connectivity index (χ1v) is 6.98. The van der Waals surface area contributed by atoms with Crippen molar-refractivity contribution in [3.8, 4) is 6.07 Å². The van der Waals surface area contributed by atoms with Crippen LogP contribution in [0.25, 0.3) is 0 Å². The molecule has 1 fully saturated rings. The second kappa shape index (κ2) is 6.18. The molecule has 0 heterocycles. The van der Waals surface area contributed by atoms with Crippen molar-refractivity contribution in [3.63, 3.8) is 0 Å². The van der Waals surface area contributed by atoms with Crippen LogP contribution in [-0.4, -0.2) is 19.3 Å². The third kappa shape index (κ3) is 3.79. The topological polar surface area (TPSA) is 45.0 Å². The zero-order valence-electron chi connectivity index (χ0n) is 11.7. The molecule has 1 unspecified atom stereocenters. The highest BCUT2D eigenvalue weighted by molar-refractivity contribution is 5.32. The number of hydrogen-bond donors (Lipinski definition) is 1. The highest BCUT2D eigenvalue weighted by Crippen LogP contribution is 2.28. The molecule has 1 N–H and O–H groups in total. The molecule has 1 saturated carbocycles. The van der Waals surface area contributed by atoms with E-state index in [9.17, 15) is 5.26 Å². The van der Waals surface area contributed by atoms with E-state index in [4.69, 9.17) is 4.74 Å². The number of rotatable bonds is 7. The van der Waals surface area contributed by atoms with Crippen molar-refractivity contribution in [2.24, 2.45) is 5.92 Å². The molecule has 1 atom stereocenters. The van der Waals surface area contributed by atoms with Gasteiger partial charge in [-0.05, 0) is 24.3 Å². The zero-order chi connectivity index (χ0) is 13.7. The molecule has 2 rings (SSSR count). The number of nitriles is 1. The zero-order valence-corrected chi connectivity index (χ0v) is 11.7. The fourth-order valence-electron chi connectivity index (χ4n) is 2.08. The summed E-state index contributed by atoms with van der Waals surface area (Å²) in [6.07, 6.45) is 2.31. The predicted molar refractivity (Wildman–Crippen MR) is 75.5 cm³/mol. The van der Waals surface area contributed by atoms with Crippen LogP contribution in [0.4, 0.5) is 0 Å². The van der Waals surface area contributed by atoms with Crippen LogP contribution in [-0.2, 0) is 10.3 Å². The summed E-state index contributed by atoms with van der Waals surface area (Å²) in [5, 5.41) is 13.1. The first kappa shape index (κ1) is 14.0. The van der Waals surface area contributed by atoms with E-state index in [-0.39, 0.29) is 0 Å². The van der Waals surface area contributed by atoms with Crippen LogP contribution >= 0.6 is 0 Å². The Morgan fingerprint density at radius 2 is 2.05 bits per heavy atom. The third-order valence-corrected chi connectivity index (χ3v) is 3.26. The lowest BCUT2D eigenvalue weighted by molar-refractivity contribution is 0.0695. The summed E-state index contributed by atoms with van der Waals surface area (Å²) in [4.78, 5) is 0. The molecule has 0 aliphatic heterocycles. The summed E-state index contributed by atoms with van der Waals surface area (Å²) in [5.74, 6) is 0.480. The second-order valence-corrected chi connectivity index (χ2v) is 5.71. The smallest absolute Gasteiger partial charge is 0.156 e. The molecule has 3 heteroatoms. The molecule has 3 nitrogen and oxygen atoms in total. The summed E-state index contributed by atoms with van der Waals surface area (Å²) in [5.41, 5.74) is 0.283. The normalized spacial score (nSPS) is 18.0. The van der Waals surface area contributed by atoms with Crippen LogP contribution < -0.4 is 5.32 Å². The van der Waals surface area contributed by atoms with E-state index in [2.05, 4.69) is 25.2 Å². The number of hydrogen-bond acceptors (Lipinski definition) is 3. The molecule has 0 aromatic heterocycles. The number of ether oxygens (including phenoxy) is 1. The maximum Gasteiger partial charge on any atom is 0.156 e. The summed E-state index contributed by atoms with van der Waals surface area (Å²) in [6, 6.07) is 12.8. The van der Waals surface area contributed by atoms with Gasteiger partial charge < -0.3 is 4.74 Å². The van der Waals surface area contributed by atoms with Gasteiger partial charge in [-0.3, -0.25) is 5.32 Å². The average Bonchev–Trinajstić information content (AvgIpc) is 3.22. The highest BCUT2D eigenvalue weighted by Gasteiger charge is 2.38. The van der Waals surface area contributed by atoms with Crippen molar-refractivity contribution in [1.29, 1.82) is 5.26 Å². The van der Waals surface area contributed by atoms with Gasteiger partial charge in [-0.15, -0.1) is 0 Å². The SMILES string of the molecule is CC(C)COCC(C#N)(NC1CC1)c1ccccc1. The number of benzene rings is 1. The van der Waals surface area contributed by atoms with E-state index in [0.717, 1.165) is 18.4 Å². The van der Waals surface area contributed by atoms with Crippen molar-refractivity contribution < 1.29 is 4.74 Å². The largest absolute Gasteiger partial charge is 0.378 e. The van der Waals surface area contributed by atoms with Crippen molar-refractivity contribution >= 4 is 0 Å². The van der Waals surface area contributed by atoms with Gasteiger partial charge in [-0.25, -0.2) is 0 Å². The van der Waals surface area contributed by atoms with Crippen molar-refractivity contribution in [3.05, 3.63) is 35.9 Å². The number of nitrogens with zero attached hydrogens (tertiary/aromatic N) is 1. The van der Waals surface area contributed by atoms with E-state index in [0.29, 0.717) is 25.2 Å². The van der Waals surface area contributed by atoms with Gasteiger partial charge >= 0.3 is 0 Å². The molecule has 19 heavy (non-hydrogen) atoms. The Morgan fingerprint density at radius 3 is 2.58 bits per heavy atom. The average molecular weight is 258 g/mol. The van der Waals surface area contributed by atoms with Gasteiger partial charge in [0.25, 0.3) is 0 Å². The van der Waals surface area contributed by atoms with E-state index >= 15 is 0 Å². The standard InChI is InChI=1S/C16H22N2O/c1-13(2)10-19-12-16(11-17,18-15-8-9-15)14-6-4-3-5-7-14/h3-7,13,15,18H,8-10,12H2,1-2H3. The van der Waals surface area contributed by atoms with Gasteiger partial charge in [0.05, 0.1) is 12.7 Å². The van der Waals surface area contributed by atoms with Gasteiger partial charge in [0.15, 0.2) is 5.54 Å². The lowest BCUT2D eigenvalue weighted by Crippen LogP contribution is -2.46. The Morgan fingerprint density at radius 1 is 1.37 bits per heavy atom. The maximum absolute atomic E-state index is 9.68. The lowest BCUT2D eigenvalue weighted by atomic mass is 9.92. The lowest BCUT2D eigenvalue weighted by Gasteiger charge is -2.28. The molecule has 1 aromatic carbocycles. The second-order valence-electron chi connectivity index (χ2n) is 5.71. The minimum atomic E-state index is -0.711. The van der Waals surface area contributed by atoms with E-state index in [1.54, 1.807) is 0 Å². The van der Waals surface area contributed by atoms with Crippen LogP contribution in [0.2, 0.25) is 0 Å². The minimum Gasteiger partial charge on any atom is -0.378 e. The molecular formula is C16H22N2O. The molecule has 102 valence electrons. The monoisotopic (exact) mass is 258 g/mol. The summed E-state index contributed by atoms with van der Waals surface area (Å²) < 4.78 is 5.75. The molecule has 1 aliphatic carbocycles. The predicted octanol–water partition coefficient (Wildman–Crippen LogP) is 2.83. The van der Waals surface area contributed by atoms with Gasteiger partial charge in [0.1, 0.15) is 0 Å². The van der Waals surface area contributed by atoms with Crippen LogP contribution in [0, 0.1) is 17.2 Å². The molecular weight excluding hydrogens is 236 g/mol. The molecule has 0 saturated heterocycles. The summed E-state index contributed by atoms with van der Waals surface area (Å²) in [7, 11) is 0. The van der Waals surface area contributed by atoms with E-state index in [1.165, 1.54) is 0 Å². The fraction of sp³-hybridized carbons (Fsp3) is 0.562. The molecule has 0 bridgehead atoms. The van der Waals surface area contributed by atoms with Gasteiger partial charge in [0, 0.05) is 12.6 Å². The van der Waals surface area contributed by atoms with E-state index in [1.807, 2.05) is 30.3 Å². The Bertz CT molecular complexity index is 434. The first-order chi connectivity index (χ1) is 9.16. The van der Waals surface area contributed by atoms with Crippen LogP contribution in [0.15, 0.2) is 30.3 Å². The Labute approximate surface area is 115 Å². The van der Waals surface area contributed by atoms with Crippen molar-refractivity contribution in [2.45, 2.75) is 38.3 Å². The number of nitrogens with one attached hydrogen (secondary N) is 1. The molecule has 0 radical (unpaired) electrons. The third-order valence-electron chi connectivity index (χ3n) is 3.26. The highest BCUT2D eigenvalue weighted by atomic mass is 16.5. The first-order valence-electron chi connectivity index (χ1n) is 6.98. The van der Waals surface area contributed by atoms with Gasteiger partial charge in [0.2, 0.25) is 0 Å². The van der Waals surface area contributed by atoms with Crippen LogP contribution in [0.5, 0.6) is 0 Å². The molecule has 0 amide bonds. The summed E-state index contributed by atoms with van der Waals surface area (Å²) in [6.45, 7) is 5.32. The van der Waals surface area contributed by atoms with Crippen molar-refractivity contribution in [2.75, 3.05) is 13.2 Å². The van der Waals surface area contributed by atoms with Gasteiger partial charge in [-0.2, -0.15) is 5.26 Å². The minimum absolute atomic E-state index is 0.405. The van der Waals surface area contributed by atoms with E-state index < -0.39 is 5.54 Å².